The Labute approximate surface area is 151 Å². The zero-order valence-corrected chi connectivity index (χ0v) is 14.6. The molecule has 0 spiro atoms. The van der Waals surface area contributed by atoms with Crippen LogP contribution in [0.5, 0.6) is 0 Å². The highest BCUT2D eigenvalue weighted by molar-refractivity contribution is 5.91. The van der Waals surface area contributed by atoms with Crippen molar-refractivity contribution in [3.05, 3.63) is 54.1 Å². The molecule has 2 aromatic rings. The fraction of sp³-hybridized carbons (Fsp3) is 0.316. The van der Waals surface area contributed by atoms with Gasteiger partial charge in [0.15, 0.2) is 0 Å². The normalized spacial score (nSPS) is 14.7. The van der Waals surface area contributed by atoms with Gasteiger partial charge in [-0.25, -0.2) is 9.78 Å². The minimum atomic E-state index is -0.370. The second-order valence-electron chi connectivity index (χ2n) is 5.79. The molecular weight excluding hydrogens is 334 g/mol. The van der Waals surface area contributed by atoms with E-state index in [4.69, 9.17) is 9.15 Å². The Morgan fingerprint density at radius 1 is 1.23 bits per heavy atom. The van der Waals surface area contributed by atoms with Gasteiger partial charge < -0.3 is 19.0 Å². The van der Waals surface area contributed by atoms with Crippen LogP contribution in [0.25, 0.3) is 6.08 Å². The van der Waals surface area contributed by atoms with Gasteiger partial charge in [-0.1, -0.05) is 0 Å². The first-order valence-electron chi connectivity index (χ1n) is 8.56. The van der Waals surface area contributed by atoms with Crippen molar-refractivity contribution in [1.29, 1.82) is 0 Å². The average molecular weight is 355 g/mol. The fourth-order valence-corrected chi connectivity index (χ4v) is 2.71. The predicted octanol–water partition coefficient (Wildman–Crippen LogP) is 2.21. The summed E-state index contributed by atoms with van der Waals surface area (Å²) in [5.74, 6) is 1.04. The van der Waals surface area contributed by atoms with Crippen molar-refractivity contribution in [3.63, 3.8) is 0 Å². The summed E-state index contributed by atoms with van der Waals surface area (Å²) in [7, 11) is 0. The smallest absolute Gasteiger partial charge is 0.339 e. The van der Waals surface area contributed by atoms with E-state index in [0.29, 0.717) is 44.1 Å². The molecule has 0 radical (unpaired) electrons. The van der Waals surface area contributed by atoms with E-state index >= 15 is 0 Å². The number of hydrogen-bond donors (Lipinski definition) is 0. The number of anilines is 1. The lowest BCUT2D eigenvalue weighted by Crippen LogP contribution is -2.48. The number of amides is 1. The molecular formula is C19H21N3O4. The molecule has 0 saturated carbocycles. The predicted molar refractivity (Wildman–Crippen MR) is 96.7 cm³/mol. The maximum absolute atomic E-state index is 12.2. The highest BCUT2D eigenvalue weighted by atomic mass is 16.5. The molecule has 3 heterocycles. The van der Waals surface area contributed by atoms with Crippen LogP contribution < -0.4 is 4.90 Å². The molecule has 7 nitrogen and oxygen atoms in total. The van der Waals surface area contributed by atoms with E-state index in [0.717, 1.165) is 5.82 Å². The number of carbonyl (C=O) groups is 2. The average Bonchev–Trinajstić information content (AvgIpc) is 3.20. The van der Waals surface area contributed by atoms with Crippen LogP contribution in [0.3, 0.4) is 0 Å². The van der Waals surface area contributed by atoms with Crippen molar-refractivity contribution in [1.82, 2.24) is 9.88 Å². The van der Waals surface area contributed by atoms with Crippen LogP contribution in [0.1, 0.15) is 23.0 Å². The number of piperazine rings is 1. The molecule has 1 fully saturated rings. The Balaban J connectivity index is 1.53. The summed E-state index contributed by atoms with van der Waals surface area (Å²) in [5, 5.41) is 0. The molecule has 26 heavy (non-hydrogen) atoms. The number of carbonyl (C=O) groups excluding carboxylic acids is 2. The van der Waals surface area contributed by atoms with Crippen molar-refractivity contribution in [2.75, 3.05) is 37.7 Å². The number of aromatic nitrogens is 1. The lowest BCUT2D eigenvalue weighted by molar-refractivity contribution is -0.126. The summed E-state index contributed by atoms with van der Waals surface area (Å²) in [5.41, 5.74) is 0.437. The Hall–Kier alpha value is -3.09. The van der Waals surface area contributed by atoms with Crippen molar-refractivity contribution in [2.24, 2.45) is 0 Å². The molecule has 7 heteroatoms. The first kappa shape index (κ1) is 17.7. The van der Waals surface area contributed by atoms with Crippen molar-refractivity contribution in [3.8, 4) is 0 Å². The van der Waals surface area contributed by atoms with Crippen molar-refractivity contribution >= 4 is 23.8 Å². The van der Waals surface area contributed by atoms with E-state index in [1.807, 2.05) is 0 Å². The molecule has 2 aromatic heterocycles. The molecule has 0 N–H and O–H groups in total. The lowest BCUT2D eigenvalue weighted by atomic mass is 10.2. The third-order valence-electron chi connectivity index (χ3n) is 4.11. The highest BCUT2D eigenvalue weighted by Crippen LogP contribution is 2.15. The number of rotatable bonds is 5. The Bertz CT molecular complexity index is 761. The van der Waals surface area contributed by atoms with Crippen LogP contribution in [-0.4, -0.2) is 54.5 Å². The van der Waals surface area contributed by atoms with Gasteiger partial charge >= 0.3 is 5.97 Å². The summed E-state index contributed by atoms with van der Waals surface area (Å²) in [6.07, 6.45) is 6.30. The van der Waals surface area contributed by atoms with E-state index in [1.165, 1.54) is 12.3 Å². The van der Waals surface area contributed by atoms with E-state index in [-0.39, 0.29) is 11.9 Å². The molecule has 1 amide bonds. The van der Waals surface area contributed by atoms with Gasteiger partial charge in [-0.2, -0.15) is 0 Å². The van der Waals surface area contributed by atoms with Gasteiger partial charge in [-0.05, 0) is 37.3 Å². The number of ether oxygens (including phenoxy) is 1. The summed E-state index contributed by atoms with van der Waals surface area (Å²) >= 11 is 0. The molecule has 1 aliphatic heterocycles. The Morgan fingerprint density at radius 2 is 2.04 bits per heavy atom. The standard InChI is InChI=1S/C19H21N3O4/c1-2-25-19(24)15-5-7-17(20-14-15)21-9-11-22(12-10-21)18(23)8-6-16-4-3-13-26-16/h3-8,13-14H,2,9-12H2,1H3/b8-6-. The van der Waals surface area contributed by atoms with Crippen molar-refractivity contribution < 1.29 is 18.7 Å². The quantitative estimate of drug-likeness (QED) is 0.605. The molecule has 1 saturated heterocycles. The van der Waals surface area contributed by atoms with Gasteiger partial charge in [0, 0.05) is 38.5 Å². The Kier molecular flexibility index (Phi) is 5.68. The maximum Gasteiger partial charge on any atom is 0.339 e. The van der Waals surface area contributed by atoms with Gasteiger partial charge in [-0.3, -0.25) is 4.79 Å². The number of esters is 1. The van der Waals surface area contributed by atoms with Gasteiger partial charge in [0.25, 0.3) is 0 Å². The summed E-state index contributed by atoms with van der Waals surface area (Å²) in [6.45, 7) is 4.71. The van der Waals surface area contributed by atoms with Crippen LogP contribution in [0.2, 0.25) is 0 Å². The first-order chi connectivity index (χ1) is 12.7. The van der Waals surface area contributed by atoms with Crippen LogP contribution in [-0.2, 0) is 9.53 Å². The number of furan rings is 1. The third kappa shape index (κ3) is 4.30. The third-order valence-corrected chi connectivity index (χ3v) is 4.11. The van der Waals surface area contributed by atoms with Gasteiger partial charge in [0.1, 0.15) is 11.6 Å². The molecule has 0 atom stereocenters. The minimum Gasteiger partial charge on any atom is -0.465 e. The molecule has 0 bridgehead atoms. The number of hydrogen-bond acceptors (Lipinski definition) is 6. The van der Waals surface area contributed by atoms with E-state index < -0.39 is 0 Å². The molecule has 0 unspecified atom stereocenters. The van der Waals surface area contributed by atoms with Gasteiger partial charge in [0.2, 0.25) is 5.91 Å². The SMILES string of the molecule is CCOC(=O)c1ccc(N2CCN(C(=O)/C=C\c3ccco3)CC2)nc1. The van der Waals surface area contributed by atoms with Crippen LogP contribution >= 0.6 is 0 Å². The molecule has 1 aliphatic rings. The Morgan fingerprint density at radius 3 is 2.65 bits per heavy atom. The zero-order valence-electron chi connectivity index (χ0n) is 14.6. The summed E-state index contributed by atoms with van der Waals surface area (Å²) in [6, 6.07) is 7.10. The largest absolute Gasteiger partial charge is 0.465 e. The lowest BCUT2D eigenvalue weighted by Gasteiger charge is -2.35. The van der Waals surface area contributed by atoms with Crippen molar-refractivity contribution in [2.45, 2.75) is 6.92 Å². The molecule has 136 valence electrons. The number of pyridine rings is 1. The number of nitrogens with zero attached hydrogens (tertiary/aromatic N) is 3. The van der Waals surface area contributed by atoms with E-state index in [2.05, 4.69) is 9.88 Å². The van der Waals surface area contributed by atoms with Crippen LogP contribution in [0.15, 0.2) is 47.2 Å². The maximum atomic E-state index is 12.2. The van der Waals surface area contributed by atoms with Gasteiger partial charge in [-0.15, -0.1) is 0 Å². The molecule has 0 aliphatic carbocycles. The minimum absolute atomic E-state index is 0.0355. The second kappa shape index (κ2) is 8.33. The second-order valence-corrected chi connectivity index (χ2v) is 5.79. The molecule has 3 rings (SSSR count). The monoisotopic (exact) mass is 355 g/mol. The summed E-state index contributed by atoms with van der Waals surface area (Å²) in [4.78, 5) is 32.1. The fourth-order valence-electron chi connectivity index (χ4n) is 2.71. The van der Waals surface area contributed by atoms with Crippen LogP contribution in [0, 0.1) is 0 Å². The van der Waals surface area contributed by atoms with Gasteiger partial charge in [0.05, 0.1) is 18.4 Å². The van der Waals surface area contributed by atoms with E-state index in [9.17, 15) is 9.59 Å². The van der Waals surface area contributed by atoms with Crippen LogP contribution in [0.4, 0.5) is 5.82 Å². The zero-order chi connectivity index (χ0) is 18.4. The molecule has 0 aromatic carbocycles. The summed E-state index contributed by atoms with van der Waals surface area (Å²) < 4.78 is 10.1. The topological polar surface area (TPSA) is 75.9 Å². The highest BCUT2D eigenvalue weighted by Gasteiger charge is 2.20. The van der Waals surface area contributed by atoms with E-state index in [1.54, 1.807) is 48.4 Å². The first-order valence-corrected chi connectivity index (χ1v) is 8.56.